The average molecular weight is 282 g/mol. The Morgan fingerprint density at radius 2 is 1.95 bits per heavy atom. The number of nitrogens with two attached hydrogens (primary N) is 1. The van der Waals surface area contributed by atoms with Crippen molar-refractivity contribution in [2.24, 2.45) is 0 Å². The largest absolute Gasteiger partial charge is 0.399 e. The van der Waals surface area contributed by atoms with Crippen molar-refractivity contribution in [2.45, 2.75) is 12.0 Å². The Hall–Kier alpha value is -2.66. The lowest BCUT2D eigenvalue weighted by Gasteiger charge is -2.20. The second-order valence-electron chi connectivity index (χ2n) is 5.09. The first-order chi connectivity index (χ1) is 10.0. The van der Waals surface area contributed by atoms with Gasteiger partial charge in [-0.2, -0.15) is 0 Å². The average Bonchev–Trinajstić information content (AvgIpc) is 2.71. The maximum Gasteiger partial charge on any atom is 0.261 e. The number of para-hydroxylation sites is 1. The first-order valence-electron chi connectivity index (χ1n) is 6.53. The molecule has 1 aliphatic heterocycles. The molecule has 0 saturated carbocycles. The molecular weight excluding hydrogens is 268 g/mol. The van der Waals surface area contributed by atoms with E-state index in [9.17, 15) is 14.7 Å². The van der Waals surface area contributed by atoms with Crippen molar-refractivity contribution in [3.8, 4) is 0 Å². The molecule has 5 heteroatoms. The van der Waals surface area contributed by atoms with Crippen molar-refractivity contribution in [3.05, 3.63) is 59.7 Å². The van der Waals surface area contributed by atoms with Crippen molar-refractivity contribution in [1.29, 1.82) is 0 Å². The molecule has 0 aliphatic carbocycles. The van der Waals surface area contributed by atoms with Crippen LogP contribution in [0.3, 0.4) is 0 Å². The molecular formula is C16H14N2O3. The minimum atomic E-state index is -1.84. The summed E-state index contributed by atoms with van der Waals surface area (Å²) < 4.78 is 0. The number of fused-ring (bicyclic) bond motifs is 1. The van der Waals surface area contributed by atoms with Crippen LogP contribution in [0.25, 0.3) is 0 Å². The van der Waals surface area contributed by atoms with E-state index < -0.39 is 11.5 Å². The molecule has 0 radical (unpaired) electrons. The van der Waals surface area contributed by atoms with E-state index in [4.69, 9.17) is 5.73 Å². The summed E-state index contributed by atoms with van der Waals surface area (Å²) in [6, 6.07) is 13.3. The number of aliphatic hydroxyl groups is 1. The van der Waals surface area contributed by atoms with Crippen LogP contribution >= 0.6 is 0 Å². The predicted octanol–water partition coefficient (Wildman–Crippen LogP) is 1.68. The van der Waals surface area contributed by atoms with Gasteiger partial charge in [-0.15, -0.1) is 0 Å². The van der Waals surface area contributed by atoms with Crippen LogP contribution in [0.15, 0.2) is 48.5 Å². The fourth-order valence-corrected chi connectivity index (χ4v) is 2.52. The molecule has 5 nitrogen and oxygen atoms in total. The van der Waals surface area contributed by atoms with Gasteiger partial charge >= 0.3 is 0 Å². The molecule has 0 spiro atoms. The highest BCUT2D eigenvalue weighted by Crippen LogP contribution is 2.38. The zero-order valence-electron chi connectivity index (χ0n) is 11.2. The van der Waals surface area contributed by atoms with Crippen LogP contribution in [0.1, 0.15) is 22.3 Å². The molecule has 0 unspecified atom stereocenters. The summed E-state index contributed by atoms with van der Waals surface area (Å²) in [5, 5.41) is 13.2. The van der Waals surface area contributed by atoms with Gasteiger partial charge in [0, 0.05) is 22.5 Å². The number of hydrogen-bond acceptors (Lipinski definition) is 4. The Kier molecular flexibility index (Phi) is 2.99. The molecule has 106 valence electrons. The van der Waals surface area contributed by atoms with Crippen LogP contribution in [0, 0.1) is 0 Å². The lowest BCUT2D eigenvalue weighted by atomic mass is 9.88. The van der Waals surface area contributed by atoms with Crippen LogP contribution in [0.4, 0.5) is 11.4 Å². The highest BCUT2D eigenvalue weighted by atomic mass is 16.3. The number of nitrogens with one attached hydrogen (secondary N) is 1. The summed E-state index contributed by atoms with van der Waals surface area (Å²) in [6.07, 6.45) is -0.320. The van der Waals surface area contributed by atoms with Crippen LogP contribution < -0.4 is 11.1 Å². The molecule has 0 fully saturated rings. The molecule has 21 heavy (non-hydrogen) atoms. The number of ketones is 1. The zero-order valence-corrected chi connectivity index (χ0v) is 11.2. The Morgan fingerprint density at radius 1 is 1.19 bits per heavy atom. The smallest absolute Gasteiger partial charge is 0.261 e. The van der Waals surface area contributed by atoms with Crippen molar-refractivity contribution >= 4 is 23.1 Å². The Labute approximate surface area is 121 Å². The number of nitrogen functional groups attached to an aromatic ring is 1. The van der Waals surface area contributed by atoms with Crippen LogP contribution in [-0.4, -0.2) is 16.8 Å². The van der Waals surface area contributed by atoms with E-state index in [1.807, 2.05) is 0 Å². The topological polar surface area (TPSA) is 92.4 Å². The molecule has 2 aromatic carbocycles. The number of hydrogen-bond donors (Lipinski definition) is 3. The van der Waals surface area contributed by atoms with Crippen LogP contribution in [-0.2, 0) is 10.4 Å². The molecule has 0 bridgehead atoms. The molecule has 1 amide bonds. The van der Waals surface area contributed by atoms with Gasteiger partial charge in [0.05, 0.1) is 6.42 Å². The summed E-state index contributed by atoms with van der Waals surface area (Å²) >= 11 is 0. The van der Waals surface area contributed by atoms with Crippen molar-refractivity contribution in [3.63, 3.8) is 0 Å². The van der Waals surface area contributed by atoms with E-state index in [1.165, 1.54) is 6.07 Å². The molecule has 2 aromatic rings. The van der Waals surface area contributed by atoms with Gasteiger partial charge in [0.2, 0.25) is 0 Å². The SMILES string of the molecule is Nc1cccc(C(=O)C[C@]2(O)C(=O)Nc3ccccc32)c1. The number of Topliss-reactive ketones (excluding diaryl/α,β-unsaturated/α-hetero) is 1. The third kappa shape index (κ3) is 2.17. The van der Waals surface area contributed by atoms with Gasteiger partial charge in [-0.05, 0) is 18.2 Å². The van der Waals surface area contributed by atoms with E-state index >= 15 is 0 Å². The summed E-state index contributed by atoms with van der Waals surface area (Å²) in [5.74, 6) is -0.919. The Morgan fingerprint density at radius 3 is 2.71 bits per heavy atom. The highest BCUT2D eigenvalue weighted by molar-refractivity contribution is 6.09. The number of carbonyl (C=O) groups excluding carboxylic acids is 2. The first-order valence-corrected chi connectivity index (χ1v) is 6.53. The van der Waals surface area contributed by atoms with E-state index in [1.54, 1.807) is 42.5 Å². The maximum absolute atomic E-state index is 12.3. The third-order valence-corrected chi connectivity index (χ3v) is 3.62. The lowest BCUT2D eigenvalue weighted by Crippen LogP contribution is -2.36. The van der Waals surface area contributed by atoms with Crippen LogP contribution in [0.5, 0.6) is 0 Å². The van der Waals surface area contributed by atoms with Crippen molar-refractivity contribution in [2.75, 3.05) is 11.1 Å². The minimum absolute atomic E-state index is 0.320. The van der Waals surface area contributed by atoms with E-state index in [2.05, 4.69) is 5.32 Å². The quantitative estimate of drug-likeness (QED) is 0.590. The van der Waals surface area contributed by atoms with Gasteiger partial charge in [-0.3, -0.25) is 9.59 Å². The number of amides is 1. The molecule has 1 heterocycles. The molecule has 1 atom stereocenters. The normalized spacial score (nSPS) is 20.0. The van der Waals surface area contributed by atoms with E-state index in [0.717, 1.165) is 0 Å². The highest BCUT2D eigenvalue weighted by Gasteiger charge is 2.46. The van der Waals surface area contributed by atoms with Crippen molar-refractivity contribution in [1.82, 2.24) is 0 Å². The van der Waals surface area contributed by atoms with Gasteiger partial charge in [-0.25, -0.2) is 0 Å². The number of carbonyl (C=O) groups is 2. The van der Waals surface area contributed by atoms with Gasteiger partial charge in [0.25, 0.3) is 5.91 Å². The third-order valence-electron chi connectivity index (χ3n) is 3.62. The van der Waals surface area contributed by atoms with E-state index in [-0.39, 0.29) is 12.2 Å². The maximum atomic E-state index is 12.3. The second-order valence-corrected chi connectivity index (χ2v) is 5.09. The van der Waals surface area contributed by atoms with Gasteiger partial charge in [-0.1, -0.05) is 30.3 Å². The lowest BCUT2D eigenvalue weighted by molar-refractivity contribution is -0.133. The molecule has 3 rings (SSSR count). The van der Waals surface area contributed by atoms with Crippen LogP contribution in [0.2, 0.25) is 0 Å². The summed E-state index contributed by atoms with van der Waals surface area (Å²) in [6.45, 7) is 0. The number of rotatable bonds is 3. The monoisotopic (exact) mass is 282 g/mol. The standard InChI is InChI=1S/C16H14N2O3/c17-11-5-3-4-10(8-11)14(19)9-16(21)12-6-1-2-7-13(12)18-15(16)20/h1-8,21H,9,17H2,(H,18,20)/t16-/m1/s1. The molecule has 0 saturated heterocycles. The Balaban J connectivity index is 1.94. The minimum Gasteiger partial charge on any atom is -0.399 e. The predicted molar refractivity (Wildman–Crippen MR) is 78.8 cm³/mol. The van der Waals surface area contributed by atoms with Gasteiger partial charge in [0.15, 0.2) is 11.4 Å². The van der Waals surface area contributed by atoms with Gasteiger partial charge in [0.1, 0.15) is 0 Å². The fourth-order valence-electron chi connectivity index (χ4n) is 2.52. The number of anilines is 2. The molecule has 0 aromatic heterocycles. The first kappa shape index (κ1) is 13.3. The van der Waals surface area contributed by atoms with Crippen molar-refractivity contribution < 1.29 is 14.7 Å². The Bertz CT molecular complexity index is 742. The molecule has 1 aliphatic rings. The summed E-state index contributed by atoms with van der Waals surface area (Å²) in [5.41, 5.74) is 5.61. The van der Waals surface area contributed by atoms with E-state index in [0.29, 0.717) is 22.5 Å². The molecule has 4 N–H and O–H groups in total. The second kappa shape index (κ2) is 4.71. The van der Waals surface area contributed by atoms with Gasteiger partial charge < -0.3 is 16.2 Å². The zero-order chi connectivity index (χ0) is 15.0. The summed E-state index contributed by atoms with van der Waals surface area (Å²) in [7, 11) is 0. The number of benzene rings is 2. The summed E-state index contributed by atoms with van der Waals surface area (Å²) in [4.78, 5) is 24.4. The fraction of sp³-hybridized carbons (Fsp3) is 0.125.